The summed E-state index contributed by atoms with van der Waals surface area (Å²) >= 11 is 9.85. The zero-order chi connectivity index (χ0) is 73.3. The Bertz CT molecular complexity index is 5050. The number of ether oxygens (including phenoxy) is 3. The van der Waals surface area contributed by atoms with Gasteiger partial charge in [0.25, 0.3) is 0 Å². The van der Waals surface area contributed by atoms with Crippen molar-refractivity contribution in [3.63, 3.8) is 0 Å². The third-order valence-electron chi connectivity index (χ3n) is 17.7. The first-order valence-corrected chi connectivity index (χ1v) is 39.9. The number of nitrogens with one attached hydrogen (secondary N) is 11. The third kappa shape index (κ3) is 19.0. The highest BCUT2D eigenvalue weighted by Crippen LogP contribution is 2.49. The van der Waals surface area contributed by atoms with Crippen LogP contribution in [0.15, 0.2) is 104 Å². The Morgan fingerprint density at radius 2 is 0.925 bits per heavy atom. The van der Waals surface area contributed by atoms with Gasteiger partial charge in [0.1, 0.15) is 41.7 Å². The van der Waals surface area contributed by atoms with Gasteiger partial charge in [0.15, 0.2) is 0 Å². The number of amides is 4. The fourth-order valence-electron chi connectivity index (χ4n) is 12.5. The van der Waals surface area contributed by atoms with Crippen LogP contribution in [0.2, 0.25) is 0 Å². The van der Waals surface area contributed by atoms with Gasteiger partial charge in [0.05, 0.1) is 62.9 Å². The number of H-pyrrole nitrogens is 1. The molecule has 0 bridgehead atoms. The van der Waals surface area contributed by atoms with Crippen molar-refractivity contribution in [2.45, 2.75) is 65.1 Å². The lowest BCUT2D eigenvalue weighted by Crippen LogP contribution is -2.24. The van der Waals surface area contributed by atoms with Crippen LogP contribution in [0.4, 0.5) is 25.2 Å². The first kappa shape index (κ1) is 75.6. The Hall–Kier alpha value is -8.61. The van der Waals surface area contributed by atoms with Crippen LogP contribution in [-0.4, -0.2) is 159 Å². The standard InChI is InChI=1S/C27H30N6O3S2.C25H26FN5O2S2.C23H26N6O2S2/c1-16(34)31-23-14-18(5-10-30-23)17-3-4-21-20(13-17)32-26(37-21)25-19-6-8-29-15-22(19)38-27(25)33-24(35)7-9-28-11-12-36-2;1-33-9-8-27-7-5-22(32)31-25-23(18-4-6-28-14-21(18)35-25)24-30-19-11-15(2-3-20(19)34-24)16-10-17(26)13-29-12-16;1-31-9-8-24-7-5-20(30)29-23-21(16-4-6-25-13-19(16)33-23)22-28-17-3-2-14(10-18(17)32-22)15-11-26-27-12-15/h3-5,10,13-14,28-29H,6-9,11-12,15H2,1-2H3,(H,33,35)(H,30,31,34);2-3,10-13,27-28H,4-9,14H2,1H3,(H,31,32);2-3,10-12,24-25H,4-9,13H2,1H3,(H,26,27)(H,29,30). The third-order valence-corrected chi connectivity index (χ3v) is 24.2. The lowest BCUT2D eigenvalue weighted by molar-refractivity contribution is -0.116. The number of fused-ring (bicyclic) bond motifs is 6. The first-order chi connectivity index (χ1) is 51.9. The number of thiophene rings is 3. The minimum Gasteiger partial charge on any atom is -0.383 e. The van der Waals surface area contributed by atoms with Crippen LogP contribution >= 0.6 is 68.0 Å². The average molecular weight is 1540 g/mol. The molecule has 0 saturated heterocycles. The second kappa shape index (κ2) is 36.8. The quantitative estimate of drug-likeness (QED) is 0.0203. The molecule has 552 valence electrons. The van der Waals surface area contributed by atoms with Crippen LogP contribution in [0.5, 0.6) is 0 Å². The molecule has 4 amide bonds. The summed E-state index contributed by atoms with van der Waals surface area (Å²) in [5, 5.41) is 44.5. The summed E-state index contributed by atoms with van der Waals surface area (Å²) in [6, 6.07) is 23.7. The number of rotatable bonds is 28. The highest BCUT2D eigenvalue weighted by Gasteiger charge is 2.29. The van der Waals surface area contributed by atoms with E-state index in [-0.39, 0.29) is 29.4 Å². The van der Waals surface area contributed by atoms with Gasteiger partial charge in [-0.25, -0.2) is 24.3 Å². The predicted octanol–water partition coefficient (Wildman–Crippen LogP) is 12.3. The maximum atomic E-state index is 13.7. The van der Waals surface area contributed by atoms with Crippen LogP contribution in [0.1, 0.15) is 57.5 Å². The Morgan fingerprint density at radius 1 is 0.472 bits per heavy atom. The number of carbonyl (C=O) groups is 4. The van der Waals surface area contributed by atoms with Crippen LogP contribution in [0, 0.1) is 5.82 Å². The van der Waals surface area contributed by atoms with Gasteiger partial charge in [0.2, 0.25) is 23.6 Å². The largest absolute Gasteiger partial charge is 0.383 e. The van der Waals surface area contributed by atoms with Crippen LogP contribution in [0.3, 0.4) is 0 Å². The summed E-state index contributed by atoms with van der Waals surface area (Å²) in [4.78, 5) is 76.5. The summed E-state index contributed by atoms with van der Waals surface area (Å²) in [7, 11) is 4.99. The molecule has 12 aromatic rings. The number of aromatic amines is 1. The summed E-state index contributed by atoms with van der Waals surface area (Å²) in [5.74, 6) is -0.0374. The van der Waals surface area contributed by atoms with E-state index in [0.29, 0.717) is 76.6 Å². The molecule has 11 N–H and O–H groups in total. The molecule has 9 aromatic heterocycles. The van der Waals surface area contributed by atoms with E-state index < -0.39 is 0 Å². The Morgan fingerprint density at radius 3 is 1.39 bits per heavy atom. The zero-order valence-corrected chi connectivity index (χ0v) is 63.9. The van der Waals surface area contributed by atoms with E-state index >= 15 is 0 Å². The van der Waals surface area contributed by atoms with Crippen LogP contribution < -0.4 is 53.2 Å². The van der Waals surface area contributed by atoms with E-state index in [0.717, 1.165) is 177 Å². The zero-order valence-electron chi connectivity index (χ0n) is 59.0. The summed E-state index contributed by atoms with van der Waals surface area (Å²) in [6.45, 7) is 12.5. The van der Waals surface area contributed by atoms with Crippen molar-refractivity contribution in [1.82, 2.24) is 67.0 Å². The molecule has 106 heavy (non-hydrogen) atoms. The predicted molar refractivity (Wildman–Crippen MR) is 427 cm³/mol. The second-order valence-corrected chi connectivity index (χ2v) is 31.5. The van der Waals surface area contributed by atoms with E-state index in [4.69, 9.17) is 29.2 Å². The van der Waals surface area contributed by atoms with Crippen molar-refractivity contribution in [2.75, 3.05) is 121 Å². The average Bonchev–Trinajstić information content (AvgIpc) is 1.63. The molecule has 0 radical (unpaired) electrons. The normalized spacial score (nSPS) is 13.1. The number of carbonyl (C=O) groups excluding carboxylic acids is 4. The van der Waals surface area contributed by atoms with Crippen molar-refractivity contribution < 1.29 is 37.8 Å². The van der Waals surface area contributed by atoms with E-state index in [1.54, 1.807) is 102 Å². The van der Waals surface area contributed by atoms with Crippen molar-refractivity contribution >= 4 is 143 Å². The number of benzene rings is 3. The number of hydrogen-bond donors (Lipinski definition) is 11. The number of pyridine rings is 2. The van der Waals surface area contributed by atoms with Crippen LogP contribution in [-0.2, 0) is 72.3 Å². The summed E-state index contributed by atoms with van der Waals surface area (Å²) in [6.07, 6.45) is 12.2. The summed E-state index contributed by atoms with van der Waals surface area (Å²) in [5.41, 5.74) is 15.4. The smallest absolute Gasteiger partial charge is 0.226 e. The van der Waals surface area contributed by atoms with Gasteiger partial charge in [-0.15, -0.1) is 68.0 Å². The number of halogens is 1. The van der Waals surface area contributed by atoms with Gasteiger partial charge in [0, 0.05) is 167 Å². The molecule has 0 unspecified atom stereocenters. The van der Waals surface area contributed by atoms with E-state index in [9.17, 15) is 23.6 Å². The first-order valence-electron chi connectivity index (χ1n) is 35.0. The molecule has 3 aromatic carbocycles. The van der Waals surface area contributed by atoms with Gasteiger partial charge in [-0.1, -0.05) is 18.2 Å². The Kier molecular flexibility index (Phi) is 26.2. The molecule has 3 aliphatic heterocycles. The topological polar surface area (TPSA) is 309 Å². The summed E-state index contributed by atoms with van der Waals surface area (Å²) < 4.78 is 32.0. The molecule has 0 aliphatic carbocycles. The molecule has 0 atom stereocenters. The molecule has 12 heterocycles. The van der Waals surface area contributed by atoms with Gasteiger partial charge in [-0.3, -0.25) is 29.3 Å². The molecule has 0 spiro atoms. The fraction of sp³-hybridized carbons (Fsp3) is 0.333. The van der Waals surface area contributed by atoms with Gasteiger partial charge in [-0.2, -0.15) is 5.10 Å². The van der Waals surface area contributed by atoms with Crippen molar-refractivity contribution in [1.29, 1.82) is 0 Å². The van der Waals surface area contributed by atoms with Crippen molar-refractivity contribution in [2.24, 2.45) is 0 Å². The molecular formula is C75H82FN17O7S6. The highest BCUT2D eigenvalue weighted by molar-refractivity contribution is 7.24. The number of anilines is 4. The lowest BCUT2D eigenvalue weighted by Gasteiger charge is -2.13. The molecular weight excluding hydrogens is 1460 g/mol. The number of hydrogen-bond acceptors (Lipinski definition) is 25. The van der Waals surface area contributed by atoms with Gasteiger partial charge < -0.3 is 67.4 Å². The number of methoxy groups -OCH3 is 3. The Balaban J connectivity index is 0.000000141. The van der Waals surface area contributed by atoms with E-state index in [2.05, 4.69) is 110 Å². The monoisotopic (exact) mass is 1540 g/mol. The maximum Gasteiger partial charge on any atom is 0.226 e. The lowest BCUT2D eigenvalue weighted by atomic mass is 10.0. The number of aromatic nitrogens is 7. The minimum absolute atomic E-state index is 0.0103. The van der Waals surface area contributed by atoms with Crippen molar-refractivity contribution in [3.05, 3.63) is 141 Å². The molecule has 3 aliphatic rings. The number of nitrogens with zero attached hydrogens (tertiary/aromatic N) is 6. The number of thiazole rings is 3. The van der Waals surface area contributed by atoms with Gasteiger partial charge >= 0.3 is 0 Å². The SMILES string of the molecule is COCCNCCC(=O)Nc1sc2c(c1-c1nc3cc(-c4ccnc(NC(C)=O)c4)ccc3s1)CCNC2.COCCNCCC(=O)Nc1sc2c(c1-c1nc3cc(-c4cncc(F)c4)ccc3s1)CCNC2.COCCNCCC(=O)Nc1sc2c(c1-c1nc3ccc(-c4cn[nH]c4)cc3s1)CCNC2. The van der Waals surface area contributed by atoms with Gasteiger partial charge in [-0.05, 0) is 132 Å². The molecule has 0 saturated carbocycles. The molecule has 24 nitrogen and oxygen atoms in total. The second-order valence-electron chi connectivity index (χ2n) is 25.1. The Labute approximate surface area is 635 Å². The molecule has 31 heteroatoms. The van der Waals surface area contributed by atoms with Crippen molar-refractivity contribution in [3.8, 4) is 65.1 Å². The van der Waals surface area contributed by atoms with Crippen LogP contribution in [0.25, 0.3) is 95.7 Å². The maximum absolute atomic E-state index is 13.7. The van der Waals surface area contributed by atoms with E-state index in [1.165, 1.54) is 50.5 Å². The molecule has 0 fully saturated rings. The minimum atomic E-state index is -0.366. The highest BCUT2D eigenvalue weighted by atomic mass is 32.1. The van der Waals surface area contributed by atoms with E-state index in [1.807, 2.05) is 42.7 Å². The molecule has 15 rings (SSSR count). The fourth-order valence-corrected chi connectivity index (χ4v) is 19.5.